The fraction of sp³-hybridized carbons (Fsp3) is 0.909. The summed E-state index contributed by atoms with van der Waals surface area (Å²) in [4.78, 5) is 67.9. The summed E-state index contributed by atoms with van der Waals surface area (Å²) in [5, 5.41) is 10.2. The maximum atomic E-state index is 12.6. The van der Waals surface area contributed by atoms with Gasteiger partial charge in [0.25, 0.3) is 6.47 Å². The second-order valence-corrected chi connectivity index (χ2v) is 18.6. The van der Waals surface area contributed by atoms with E-state index in [9.17, 15) is 43.2 Å². The van der Waals surface area contributed by atoms with Crippen LogP contribution in [0.5, 0.6) is 0 Å². The van der Waals surface area contributed by atoms with Gasteiger partial charge in [0.2, 0.25) is 0 Å². The second kappa shape index (κ2) is 43.9. The average molecular weight is 949 g/mol. The van der Waals surface area contributed by atoms with E-state index in [4.69, 9.17) is 32.3 Å². The van der Waals surface area contributed by atoms with E-state index in [1.54, 1.807) is 0 Å². The highest BCUT2D eigenvalue weighted by atomic mass is 31.2. The third-order valence-corrected chi connectivity index (χ3v) is 11.4. The van der Waals surface area contributed by atoms with E-state index >= 15 is 0 Å². The Morgan fingerprint density at radius 2 is 0.746 bits per heavy atom. The fourth-order valence-electron chi connectivity index (χ4n) is 5.79. The van der Waals surface area contributed by atoms with Crippen LogP contribution >= 0.6 is 15.6 Å². The molecule has 17 nitrogen and oxygen atoms in total. The lowest BCUT2D eigenvalue weighted by molar-refractivity contribution is -0.161. The van der Waals surface area contributed by atoms with Gasteiger partial charge in [0.1, 0.15) is 19.3 Å². The lowest BCUT2D eigenvalue weighted by Gasteiger charge is -2.21. The molecule has 0 aromatic heterocycles. The number of rotatable bonds is 44. The monoisotopic (exact) mass is 949 g/mol. The summed E-state index contributed by atoms with van der Waals surface area (Å²) < 4.78 is 64.7. The quantitative estimate of drug-likeness (QED) is 0.0169. The fourth-order valence-corrected chi connectivity index (χ4v) is 7.37. The smallest absolute Gasteiger partial charge is 0.464 e. The van der Waals surface area contributed by atoms with Gasteiger partial charge in [-0.3, -0.25) is 37.3 Å². The number of phosphoric ester groups is 2. The molecule has 0 radical (unpaired) electrons. The number of esters is 3. The lowest BCUT2D eigenvalue weighted by Crippen LogP contribution is -2.30. The number of carbonyl (C=O) groups is 4. The molecule has 0 aliphatic rings. The third-order valence-electron chi connectivity index (χ3n) is 9.49. The molecule has 2 unspecified atom stereocenters. The zero-order chi connectivity index (χ0) is 47.5. The minimum atomic E-state index is -4.89. The van der Waals surface area contributed by atoms with Crippen molar-refractivity contribution in [3.8, 4) is 0 Å². The van der Waals surface area contributed by atoms with Crippen LogP contribution < -0.4 is 0 Å². The van der Waals surface area contributed by atoms with Gasteiger partial charge in [-0.05, 0) is 19.3 Å². The molecule has 0 saturated heterocycles. The number of hydrogen-bond donors (Lipinski definition) is 3. The Hall–Kier alpha value is -1.94. The molecule has 63 heavy (non-hydrogen) atoms. The summed E-state index contributed by atoms with van der Waals surface area (Å²) >= 11 is 0. The van der Waals surface area contributed by atoms with Gasteiger partial charge < -0.3 is 33.8 Å². The van der Waals surface area contributed by atoms with E-state index in [0.29, 0.717) is 19.3 Å². The van der Waals surface area contributed by atoms with Crippen molar-refractivity contribution in [3.63, 3.8) is 0 Å². The van der Waals surface area contributed by atoms with Crippen LogP contribution in [0.2, 0.25) is 0 Å². The molecule has 0 aromatic rings. The maximum absolute atomic E-state index is 12.6. The molecule has 0 bridgehead atoms. The number of aliphatic hydroxyl groups excluding tert-OH is 1. The van der Waals surface area contributed by atoms with Gasteiger partial charge in [-0.15, -0.1) is 0 Å². The van der Waals surface area contributed by atoms with Crippen molar-refractivity contribution in [2.24, 2.45) is 0 Å². The number of unbranched alkanes of at least 4 members (excludes halogenated alkanes) is 19. The van der Waals surface area contributed by atoms with Crippen LogP contribution in [0.15, 0.2) is 0 Å². The van der Waals surface area contributed by atoms with E-state index < -0.39 is 91.5 Å². The zero-order valence-electron chi connectivity index (χ0n) is 39.4. The Labute approximate surface area is 378 Å². The first-order valence-corrected chi connectivity index (χ1v) is 26.7. The first kappa shape index (κ1) is 63.1. The Balaban J connectivity index is 0. The minimum Gasteiger partial charge on any atom is -0.464 e. The van der Waals surface area contributed by atoms with E-state index in [0.717, 1.165) is 96.3 Å². The summed E-state index contributed by atoms with van der Waals surface area (Å²) in [6.07, 6.45) is 20.4. The molecule has 374 valence electrons. The van der Waals surface area contributed by atoms with Gasteiger partial charge in [-0.25, -0.2) is 9.13 Å². The number of carbonyl (C=O) groups excluding carboxylic acids is 4. The van der Waals surface area contributed by atoms with E-state index in [1.807, 2.05) is 0 Å². The van der Waals surface area contributed by atoms with Crippen molar-refractivity contribution in [1.82, 2.24) is 0 Å². The predicted molar refractivity (Wildman–Crippen MR) is 241 cm³/mol. The Kier molecular flexibility index (Phi) is 44.0. The number of phosphoric acid groups is 2. The van der Waals surface area contributed by atoms with Crippen LogP contribution in [0.1, 0.15) is 202 Å². The van der Waals surface area contributed by atoms with Crippen LogP contribution in [0, 0.1) is 0 Å². The number of hydrogen-bond acceptors (Lipinski definition) is 15. The average Bonchev–Trinajstić information content (AvgIpc) is 3.25. The summed E-state index contributed by atoms with van der Waals surface area (Å²) in [6.45, 7) is 6.90. The predicted octanol–water partition coefficient (Wildman–Crippen LogP) is 10.4. The van der Waals surface area contributed by atoms with Gasteiger partial charge in [0, 0.05) is 19.3 Å². The SMILES string of the molecule is CCCCCCC.CCCCCCCCC(=O)OC[C@H](COP(=O)(O)OC[C@@H](O)COP(=O)(O)OC[C@@H](COC=O)OC(=O)CCCCCCCC)OC(=O)CCCCCCCC. The lowest BCUT2D eigenvalue weighted by atomic mass is 10.1. The van der Waals surface area contributed by atoms with Gasteiger partial charge in [-0.2, -0.15) is 0 Å². The van der Waals surface area contributed by atoms with Crippen molar-refractivity contribution < 1.29 is 80.2 Å². The molecule has 0 fully saturated rings. The van der Waals surface area contributed by atoms with Gasteiger partial charge in [0.15, 0.2) is 12.2 Å². The molecule has 3 N–H and O–H groups in total. The molecule has 0 rings (SSSR count). The summed E-state index contributed by atoms with van der Waals surface area (Å²) in [6, 6.07) is 0. The van der Waals surface area contributed by atoms with E-state index in [1.165, 1.54) is 32.1 Å². The normalized spacial score (nSPS) is 14.5. The Morgan fingerprint density at radius 3 is 1.11 bits per heavy atom. The summed E-state index contributed by atoms with van der Waals surface area (Å²) in [5.41, 5.74) is 0. The molecule has 5 atom stereocenters. The highest BCUT2D eigenvalue weighted by molar-refractivity contribution is 7.47. The highest BCUT2D eigenvalue weighted by Crippen LogP contribution is 2.45. The van der Waals surface area contributed by atoms with E-state index in [2.05, 4.69) is 39.4 Å². The third kappa shape index (κ3) is 45.0. The van der Waals surface area contributed by atoms with E-state index in [-0.39, 0.29) is 25.7 Å². The van der Waals surface area contributed by atoms with Crippen molar-refractivity contribution in [1.29, 1.82) is 0 Å². The number of ether oxygens (including phenoxy) is 4. The molecular weight excluding hydrogens is 862 g/mol. The topological polar surface area (TPSA) is 237 Å². The molecule has 0 spiro atoms. The van der Waals surface area contributed by atoms with Gasteiger partial charge in [-0.1, -0.05) is 163 Å². The van der Waals surface area contributed by atoms with Crippen molar-refractivity contribution >= 4 is 40.0 Å². The largest absolute Gasteiger partial charge is 0.472 e. The molecular formula is C44H86O17P2. The van der Waals surface area contributed by atoms with Gasteiger partial charge in [0.05, 0.1) is 26.4 Å². The van der Waals surface area contributed by atoms with Crippen molar-refractivity contribution in [2.75, 3.05) is 39.6 Å². The molecule has 0 amide bonds. The first-order chi connectivity index (χ1) is 30.2. The number of aliphatic hydroxyl groups is 1. The van der Waals surface area contributed by atoms with Crippen LogP contribution in [0.4, 0.5) is 0 Å². The summed E-state index contributed by atoms with van der Waals surface area (Å²) in [7, 11) is -9.76. The first-order valence-electron chi connectivity index (χ1n) is 23.7. The molecule has 0 saturated carbocycles. The molecule has 0 aliphatic carbocycles. The highest BCUT2D eigenvalue weighted by Gasteiger charge is 2.30. The second-order valence-electron chi connectivity index (χ2n) is 15.7. The maximum Gasteiger partial charge on any atom is 0.472 e. The van der Waals surface area contributed by atoms with Gasteiger partial charge >= 0.3 is 33.6 Å². The van der Waals surface area contributed by atoms with Crippen LogP contribution in [-0.4, -0.2) is 97.2 Å². The molecule has 0 aromatic carbocycles. The molecule has 0 heterocycles. The summed E-state index contributed by atoms with van der Waals surface area (Å²) in [5.74, 6) is -1.71. The Bertz CT molecular complexity index is 1200. The van der Waals surface area contributed by atoms with Crippen LogP contribution in [0.3, 0.4) is 0 Å². The van der Waals surface area contributed by atoms with Crippen LogP contribution in [-0.2, 0) is 65.4 Å². The van der Waals surface area contributed by atoms with Crippen LogP contribution in [0.25, 0.3) is 0 Å². The van der Waals surface area contributed by atoms with Crippen molar-refractivity contribution in [2.45, 2.75) is 220 Å². The zero-order valence-corrected chi connectivity index (χ0v) is 41.2. The standard InChI is InChI=1S/C37H70O17P2.C7H16/c1-4-7-10-13-16-19-22-35(40)48-28-34(54-37(42)24-21-18-15-12-9-6-3)30-52-56(45,46)50-26-32(39)25-49-55(43,44)51-29-33(27-47-31-38)53-36(41)23-20-17-14-11-8-5-2;1-3-5-7-6-4-2/h31-34,39H,4-30H2,1-3H3,(H,43,44)(H,45,46);3-7H2,1-2H3/t32-,33+,34+;/m0./s1. The van der Waals surface area contributed by atoms with Crippen molar-refractivity contribution in [3.05, 3.63) is 0 Å². The Morgan fingerprint density at radius 1 is 0.444 bits per heavy atom. The molecule has 0 aliphatic heterocycles. The molecule has 19 heteroatoms. The minimum absolute atomic E-state index is 0.0967.